The molecule has 0 fully saturated rings. The summed E-state index contributed by atoms with van der Waals surface area (Å²) in [6.07, 6.45) is 0. The minimum absolute atomic E-state index is 0.510. The van der Waals surface area contributed by atoms with Crippen molar-refractivity contribution in [2.24, 2.45) is 0 Å². The molecule has 98 valence electrons. The number of para-hydroxylation sites is 2. The Morgan fingerprint density at radius 1 is 1.16 bits per heavy atom. The molecule has 2 heteroatoms. The highest BCUT2D eigenvalue weighted by atomic mass is 15.2. The first-order valence-corrected chi connectivity index (χ1v) is 6.89. The fraction of sp³-hybridized carbons (Fsp3) is 0.294. The standard InChI is InChI=1S/C17H20N2/c1-13-6-5-7-15(10-13)12-19-14(2)11-18-16-8-3-4-9-17(16)19/h3-10,14,18H,11-12H2,1-2H3. The second kappa shape index (κ2) is 4.96. The van der Waals surface area contributed by atoms with E-state index in [2.05, 4.69) is 72.6 Å². The van der Waals surface area contributed by atoms with Crippen LogP contribution in [0.25, 0.3) is 0 Å². The van der Waals surface area contributed by atoms with E-state index in [1.165, 1.54) is 22.5 Å². The van der Waals surface area contributed by atoms with Crippen molar-refractivity contribution in [2.45, 2.75) is 26.4 Å². The minimum atomic E-state index is 0.510. The highest BCUT2D eigenvalue weighted by Crippen LogP contribution is 2.32. The van der Waals surface area contributed by atoms with Gasteiger partial charge in [-0.15, -0.1) is 0 Å². The van der Waals surface area contributed by atoms with E-state index in [1.54, 1.807) is 0 Å². The van der Waals surface area contributed by atoms with Gasteiger partial charge in [0.15, 0.2) is 0 Å². The van der Waals surface area contributed by atoms with Crippen molar-refractivity contribution in [2.75, 3.05) is 16.8 Å². The van der Waals surface area contributed by atoms with E-state index in [0.29, 0.717) is 6.04 Å². The quantitative estimate of drug-likeness (QED) is 0.874. The topological polar surface area (TPSA) is 15.3 Å². The molecule has 2 aromatic rings. The zero-order valence-electron chi connectivity index (χ0n) is 11.6. The number of nitrogens with one attached hydrogen (secondary N) is 1. The zero-order chi connectivity index (χ0) is 13.2. The third-order valence-electron chi connectivity index (χ3n) is 3.77. The second-order valence-electron chi connectivity index (χ2n) is 5.36. The molecule has 1 unspecified atom stereocenters. The van der Waals surface area contributed by atoms with Crippen LogP contribution in [0.4, 0.5) is 11.4 Å². The van der Waals surface area contributed by atoms with Crippen LogP contribution in [0.1, 0.15) is 18.1 Å². The van der Waals surface area contributed by atoms with Gasteiger partial charge in [0.2, 0.25) is 0 Å². The van der Waals surface area contributed by atoms with E-state index < -0.39 is 0 Å². The van der Waals surface area contributed by atoms with Gasteiger partial charge in [0, 0.05) is 19.1 Å². The summed E-state index contributed by atoms with van der Waals surface area (Å²) in [6.45, 7) is 6.40. The van der Waals surface area contributed by atoms with Crippen molar-refractivity contribution in [3.05, 3.63) is 59.7 Å². The normalized spacial score (nSPS) is 17.8. The lowest BCUT2D eigenvalue weighted by molar-refractivity contribution is 0.641. The summed E-state index contributed by atoms with van der Waals surface area (Å²) in [5.74, 6) is 0. The van der Waals surface area contributed by atoms with Gasteiger partial charge < -0.3 is 10.2 Å². The fourth-order valence-corrected chi connectivity index (χ4v) is 2.73. The van der Waals surface area contributed by atoms with Crippen molar-refractivity contribution < 1.29 is 0 Å². The van der Waals surface area contributed by atoms with Crippen molar-refractivity contribution in [1.82, 2.24) is 0 Å². The van der Waals surface area contributed by atoms with E-state index in [4.69, 9.17) is 0 Å². The molecule has 0 amide bonds. The Morgan fingerprint density at radius 3 is 2.84 bits per heavy atom. The molecule has 2 aromatic carbocycles. The predicted octanol–water partition coefficient (Wildman–Crippen LogP) is 3.82. The molecule has 1 aliphatic rings. The Morgan fingerprint density at radius 2 is 2.00 bits per heavy atom. The molecular formula is C17H20N2. The molecule has 1 heterocycles. The first kappa shape index (κ1) is 12.1. The number of anilines is 2. The summed E-state index contributed by atoms with van der Waals surface area (Å²) in [7, 11) is 0. The Kier molecular flexibility index (Phi) is 3.16. The van der Waals surface area contributed by atoms with Crippen molar-refractivity contribution >= 4 is 11.4 Å². The summed E-state index contributed by atoms with van der Waals surface area (Å²) in [5.41, 5.74) is 5.26. The number of nitrogens with zero attached hydrogens (tertiary/aromatic N) is 1. The first-order valence-electron chi connectivity index (χ1n) is 6.89. The summed E-state index contributed by atoms with van der Waals surface area (Å²) in [4.78, 5) is 2.49. The molecule has 0 bridgehead atoms. The van der Waals surface area contributed by atoms with Crippen LogP contribution in [0.5, 0.6) is 0 Å². The van der Waals surface area contributed by atoms with Crippen LogP contribution in [0.3, 0.4) is 0 Å². The zero-order valence-corrected chi connectivity index (χ0v) is 11.6. The van der Waals surface area contributed by atoms with E-state index in [-0.39, 0.29) is 0 Å². The average molecular weight is 252 g/mol. The van der Waals surface area contributed by atoms with Gasteiger partial charge in [0.1, 0.15) is 0 Å². The molecule has 0 saturated carbocycles. The van der Waals surface area contributed by atoms with Crippen LogP contribution in [0.2, 0.25) is 0 Å². The molecule has 0 spiro atoms. The van der Waals surface area contributed by atoms with Crippen molar-refractivity contribution in [3.63, 3.8) is 0 Å². The molecule has 19 heavy (non-hydrogen) atoms. The smallest absolute Gasteiger partial charge is 0.0608 e. The third-order valence-corrected chi connectivity index (χ3v) is 3.77. The molecule has 2 nitrogen and oxygen atoms in total. The molecule has 1 N–H and O–H groups in total. The Labute approximate surface area is 115 Å². The Balaban J connectivity index is 1.91. The minimum Gasteiger partial charge on any atom is -0.381 e. The molecule has 0 aromatic heterocycles. The van der Waals surface area contributed by atoms with Crippen LogP contribution >= 0.6 is 0 Å². The van der Waals surface area contributed by atoms with Gasteiger partial charge in [0.05, 0.1) is 11.4 Å². The lowest BCUT2D eigenvalue weighted by atomic mass is 10.1. The predicted molar refractivity (Wildman–Crippen MR) is 81.8 cm³/mol. The molecule has 0 aliphatic carbocycles. The number of benzene rings is 2. The molecule has 3 rings (SSSR count). The van der Waals surface area contributed by atoms with Crippen LogP contribution in [-0.4, -0.2) is 12.6 Å². The summed E-state index contributed by atoms with van der Waals surface area (Å²) in [6, 6.07) is 17.9. The van der Waals surface area contributed by atoms with Crippen LogP contribution < -0.4 is 10.2 Å². The van der Waals surface area contributed by atoms with Gasteiger partial charge in [-0.25, -0.2) is 0 Å². The van der Waals surface area contributed by atoms with Gasteiger partial charge in [-0.05, 0) is 31.5 Å². The monoisotopic (exact) mass is 252 g/mol. The van der Waals surface area contributed by atoms with E-state index in [0.717, 1.165) is 13.1 Å². The number of hydrogen-bond acceptors (Lipinski definition) is 2. The SMILES string of the molecule is Cc1cccc(CN2c3ccccc3NCC2C)c1. The second-order valence-corrected chi connectivity index (χ2v) is 5.36. The maximum Gasteiger partial charge on any atom is 0.0608 e. The van der Waals surface area contributed by atoms with Gasteiger partial charge in [-0.3, -0.25) is 0 Å². The van der Waals surface area contributed by atoms with Crippen molar-refractivity contribution in [3.8, 4) is 0 Å². The van der Waals surface area contributed by atoms with E-state index in [9.17, 15) is 0 Å². The van der Waals surface area contributed by atoms with E-state index in [1.807, 2.05) is 0 Å². The van der Waals surface area contributed by atoms with Gasteiger partial charge in [0.25, 0.3) is 0 Å². The third kappa shape index (κ3) is 2.43. The number of hydrogen-bond donors (Lipinski definition) is 1. The van der Waals surface area contributed by atoms with E-state index >= 15 is 0 Å². The average Bonchev–Trinajstić information content (AvgIpc) is 2.42. The maximum atomic E-state index is 3.50. The summed E-state index contributed by atoms with van der Waals surface area (Å²) < 4.78 is 0. The van der Waals surface area contributed by atoms with Crippen LogP contribution in [0.15, 0.2) is 48.5 Å². The largest absolute Gasteiger partial charge is 0.381 e. The lowest BCUT2D eigenvalue weighted by Gasteiger charge is -2.37. The molecular weight excluding hydrogens is 232 g/mol. The molecule has 1 aliphatic heterocycles. The number of rotatable bonds is 2. The van der Waals surface area contributed by atoms with Crippen LogP contribution in [0, 0.1) is 6.92 Å². The Bertz CT molecular complexity index is 577. The van der Waals surface area contributed by atoms with Crippen molar-refractivity contribution in [1.29, 1.82) is 0 Å². The van der Waals surface area contributed by atoms with Gasteiger partial charge >= 0.3 is 0 Å². The molecule has 0 radical (unpaired) electrons. The van der Waals surface area contributed by atoms with Gasteiger partial charge in [-0.1, -0.05) is 42.0 Å². The number of aryl methyl sites for hydroxylation is 1. The highest BCUT2D eigenvalue weighted by Gasteiger charge is 2.22. The Hall–Kier alpha value is -1.96. The molecule has 0 saturated heterocycles. The lowest BCUT2D eigenvalue weighted by Crippen LogP contribution is -2.41. The summed E-state index contributed by atoms with van der Waals surface area (Å²) in [5, 5.41) is 3.50. The first-order chi connectivity index (χ1) is 9.24. The summed E-state index contributed by atoms with van der Waals surface area (Å²) >= 11 is 0. The number of fused-ring (bicyclic) bond motifs is 1. The maximum absolute atomic E-state index is 3.50. The highest BCUT2D eigenvalue weighted by molar-refractivity contribution is 5.72. The molecule has 1 atom stereocenters. The fourth-order valence-electron chi connectivity index (χ4n) is 2.73. The van der Waals surface area contributed by atoms with Crippen LogP contribution in [-0.2, 0) is 6.54 Å². The van der Waals surface area contributed by atoms with Gasteiger partial charge in [-0.2, -0.15) is 0 Å².